The lowest BCUT2D eigenvalue weighted by atomic mass is 10.2. The molecule has 0 spiro atoms. The Morgan fingerprint density at radius 3 is 2.54 bits per heavy atom. The van der Waals surface area contributed by atoms with Gasteiger partial charge in [-0.25, -0.2) is 13.2 Å². The first-order chi connectivity index (χ1) is 13.3. The molecule has 0 aliphatic carbocycles. The van der Waals surface area contributed by atoms with Gasteiger partial charge in [0, 0.05) is 12.4 Å². The van der Waals surface area contributed by atoms with Gasteiger partial charge in [0.1, 0.15) is 11.3 Å². The van der Waals surface area contributed by atoms with E-state index in [9.17, 15) is 18.0 Å². The molecule has 0 bridgehead atoms. The Morgan fingerprint density at radius 2 is 1.79 bits per heavy atom. The van der Waals surface area contributed by atoms with Gasteiger partial charge in [-0.3, -0.25) is 9.78 Å². The predicted molar refractivity (Wildman–Crippen MR) is 105 cm³/mol. The van der Waals surface area contributed by atoms with Crippen molar-refractivity contribution >= 4 is 31.9 Å². The van der Waals surface area contributed by atoms with Crippen LogP contribution in [0.2, 0.25) is 0 Å². The van der Waals surface area contributed by atoms with Crippen LogP contribution in [0.15, 0.2) is 67.4 Å². The average Bonchev–Trinajstić information content (AvgIpc) is 3.10. The van der Waals surface area contributed by atoms with Crippen molar-refractivity contribution in [3.05, 3.63) is 75.1 Å². The normalized spacial score (nSPS) is 13.4. The van der Waals surface area contributed by atoms with Gasteiger partial charge in [-0.2, -0.15) is 4.31 Å². The number of aromatic nitrogens is 2. The molecule has 9 heteroatoms. The van der Waals surface area contributed by atoms with Gasteiger partial charge in [0.15, 0.2) is 0 Å². The maximum atomic E-state index is 13.1. The molecule has 0 fully saturated rings. The minimum absolute atomic E-state index is 0.0528. The first kappa shape index (κ1) is 18.2. The van der Waals surface area contributed by atoms with E-state index in [0.717, 1.165) is 5.39 Å². The van der Waals surface area contributed by atoms with Crippen molar-refractivity contribution in [2.45, 2.75) is 17.9 Å². The minimum Gasteiger partial charge on any atom is -0.459 e. The largest absolute Gasteiger partial charge is 0.459 e. The lowest BCUT2D eigenvalue weighted by Gasteiger charge is -2.22. The highest BCUT2D eigenvalue weighted by molar-refractivity contribution is 7.89. The van der Waals surface area contributed by atoms with E-state index >= 15 is 0 Å². The van der Waals surface area contributed by atoms with Crippen LogP contribution in [0.5, 0.6) is 0 Å². The molecule has 1 unspecified atom stereocenters. The van der Waals surface area contributed by atoms with Crippen LogP contribution in [0.4, 0.5) is 0 Å². The summed E-state index contributed by atoms with van der Waals surface area (Å²) >= 11 is 0. The van der Waals surface area contributed by atoms with Crippen LogP contribution < -0.4 is 11.2 Å². The maximum absolute atomic E-state index is 13.1. The van der Waals surface area contributed by atoms with Crippen molar-refractivity contribution in [1.82, 2.24) is 14.3 Å². The van der Waals surface area contributed by atoms with Gasteiger partial charge in [0.2, 0.25) is 10.0 Å². The number of nitrogens with one attached hydrogen (secondary N) is 2. The van der Waals surface area contributed by atoms with Crippen LogP contribution in [0.1, 0.15) is 18.7 Å². The predicted octanol–water partition coefficient (Wildman–Crippen LogP) is 2.34. The molecule has 0 saturated heterocycles. The van der Waals surface area contributed by atoms with Gasteiger partial charge in [-0.15, -0.1) is 0 Å². The summed E-state index contributed by atoms with van der Waals surface area (Å²) in [5.74, 6) is 0.509. The van der Waals surface area contributed by atoms with Gasteiger partial charge in [0.25, 0.3) is 5.56 Å². The van der Waals surface area contributed by atoms with Crippen LogP contribution in [0.25, 0.3) is 21.9 Å². The van der Waals surface area contributed by atoms with E-state index in [2.05, 4.69) is 9.97 Å². The topological polar surface area (TPSA) is 116 Å². The van der Waals surface area contributed by atoms with Gasteiger partial charge in [0.05, 0.1) is 21.8 Å². The van der Waals surface area contributed by atoms with E-state index in [1.54, 1.807) is 6.92 Å². The Morgan fingerprint density at radius 1 is 1.04 bits per heavy atom. The Hall–Kier alpha value is -3.17. The second-order valence-corrected chi connectivity index (χ2v) is 8.50. The highest BCUT2D eigenvalue weighted by Gasteiger charge is 2.28. The van der Waals surface area contributed by atoms with Gasteiger partial charge in [-0.1, -0.05) is 18.2 Å². The number of sulfonamides is 1. The first-order valence-electron chi connectivity index (χ1n) is 8.50. The van der Waals surface area contributed by atoms with Crippen molar-refractivity contribution in [3.63, 3.8) is 0 Å². The third-order valence-corrected chi connectivity index (χ3v) is 6.71. The molecule has 0 radical (unpaired) electrons. The van der Waals surface area contributed by atoms with Gasteiger partial charge in [-0.05, 0) is 37.3 Å². The highest BCUT2D eigenvalue weighted by atomic mass is 32.2. The summed E-state index contributed by atoms with van der Waals surface area (Å²) in [7, 11) is -2.46. The molecule has 0 aliphatic rings. The molecule has 2 aromatic carbocycles. The summed E-state index contributed by atoms with van der Waals surface area (Å²) in [6.45, 7) is 1.72. The summed E-state index contributed by atoms with van der Waals surface area (Å²) in [4.78, 5) is 27.9. The third-order valence-electron chi connectivity index (χ3n) is 4.79. The summed E-state index contributed by atoms with van der Waals surface area (Å²) in [5.41, 5.74) is -0.357. The monoisotopic (exact) mass is 399 g/mol. The van der Waals surface area contributed by atoms with Crippen LogP contribution in [-0.2, 0) is 10.0 Å². The second kappa shape index (κ2) is 6.47. The Kier molecular flexibility index (Phi) is 4.20. The fourth-order valence-corrected chi connectivity index (χ4v) is 4.43. The summed E-state index contributed by atoms with van der Waals surface area (Å²) in [5, 5.41) is 0.974. The molecule has 0 saturated carbocycles. The standard InChI is InChI=1S/C19H17N3O5S/c1-11(17-9-12-5-3-4-6-16(12)27-17)22(2)28(25,26)13-7-8-15-14(10-13)18(23)21-19(24)20-15/h3-11H,1-2H3,(H2,20,21,23,24). The highest BCUT2D eigenvalue weighted by Crippen LogP contribution is 2.30. The Balaban J connectivity index is 1.75. The van der Waals surface area contributed by atoms with E-state index in [1.807, 2.05) is 30.3 Å². The van der Waals surface area contributed by atoms with E-state index < -0.39 is 27.3 Å². The molecule has 8 nitrogen and oxygen atoms in total. The third kappa shape index (κ3) is 2.94. The maximum Gasteiger partial charge on any atom is 0.326 e. The zero-order chi connectivity index (χ0) is 20.1. The van der Waals surface area contributed by atoms with Crippen molar-refractivity contribution in [2.75, 3.05) is 7.05 Å². The molecule has 2 N–H and O–H groups in total. The molecule has 0 amide bonds. The number of rotatable bonds is 4. The van der Waals surface area contributed by atoms with Crippen molar-refractivity contribution in [2.24, 2.45) is 0 Å². The smallest absolute Gasteiger partial charge is 0.326 e. The minimum atomic E-state index is -3.91. The molecule has 2 aromatic heterocycles. The van der Waals surface area contributed by atoms with Crippen molar-refractivity contribution in [1.29, 1.82) is 0 Å². The lowest BCUT2D eigenvalue weighted by Crippen LogP contribution is -2.30. The SMILES string of the molecule is CC(c1cc2ccccc2o1)N(C)S(=O)(=O)c1ccc2[nH]c(=O)[nH]c(=O)c2c1. The molecule has 1 atom stereocenters. The van der Waals surface area contributed by atoms with Gasteiger partial charge < -0.3 is 9.40 Å². The summed E-state index contributed by atoms with van der Waals surface area (Å²) in [6.07, 6.45) is 0. The number of hydrogen-bond donors (Lipinski definition) is 2. The van der Waals surface area contributed by atoms with Crippen molar-refractivity contribution in [3.8, 4) is 0 Å². The first-order valence-corrected chi connectivity index (χ1v) is 9.94. The molecular weight excluding hydrogens is 382 g/mol. The summed E-state index contributed by atoms with van der Waals surface area (Å²) < 4.78 is 33.1. The number of benzene rings is 2. The Labute approximate surface area is 159 Å². The average molecular weight is 399 g/mol. The second-order valence-electron chi connectivity index (χ2n) is 6.50. The number of furan rings is 1. The van der Waals surface area contributed by atoms with Crippen LogP contribution in [0, 0.1) is 0 Å². The molecule has 0 aliphatic heterocycles. The number of hydrogen-bond acceptors (Lipinski definition) is 5. The molecule has 28 heavy (non-hydrogen) atoms. The van der Waals surface area contributed by atoms with Crippen molar-refractivity contribution < 1.29 is 12.8 Å². The van der Waals surface area contributed by atoms with Crippen LogP contribution >= 0.6 is 0 Å². The number of fused-ring (bicyclic) bond motifs is 2. The lowest BCUT2D eigenvalue weighted by molar-refractivity contribution is 0.348. The molecule has 4 rings (SSSR count). The number of nitrogens with zero attached hydrogens (tertiary/aromatic N) is 1. The van der Waals surface area contributed by atoms with E-state index in [1.165, 1.54) is 29.6 Å². The molecule has 4 aromatic rings. The molecular formula is C19H17N3O5S. The number of para-hydroxylation sites is 1. The fourth-order valence-electron chi connectivity index (χ4n) is 3.07. The fraction of sp³-hybridized carbons (Fsp3) is 0.158. The van der Waals surface area contributed by atoms with Crippen LogP contribution in [0.3, 0.4) is 0 Å². The van der Waals surface area contributed by atoms with E-state index in [0.29, 0.717) is 11.3 Å². The quantitative estimate of drug-likeness (QED) is 0.546. The molecule has 144 valence electrons. The number of aromatic amines is 2. The zero-order valence-electron chi connectivity index (χ0n) is 15.1. The van der Waals surface area contributed by atoms with E-state index in [-0.39, 0.29) is 15.8 Å². The summed E-state index contributed by atoms with van der Waals surface area (Å²) in [6, 6.07) is 12.7. The van der Waals surface area contributed by atoms with Crippen LogP contribution in [-0.4, -0.2) is 29.7 Å². The zero-order valence-corrected chi connectivity index (χ0v) is 15.9. The Bertz CT molecular complexity index is 1380. The number of H-pyrrole nitrogens is 2. The molecule has 2 heterocycles. The van der Waals surface area contributed by atoms with Gasteiger partial charge >= 0.3 is 5.69 Å². The van der Waals surface area contributed by atoms with E-state index in [4.69, 9.17) is 4.42 Å².